The van der Waals surface area contributed by atoms with Crippen LogP contribution in [-0.2, 0) is 4.79 Å². The molecule has 0 aliphatic carbocycles. The number of carbonyl (C=O) groups excluding carboxylic acids is 1. The second-order valence-electron chi connectivity index (χ2n) is 3.64. The van der Waals surface area contributed by atoms with Gasteiger partial charge in [-0.05, 0) is 30.7 Å². The minimum atomic E-state index is -0.345. The fourth-order valence-electron chi connectivity index (χ4n) is 1.19. The van der Waals surface area contributed by atoms with E-state index < -0.39 is 0 Å². The lowest BCUT2D eigenvalue weighted by Crippen LogP contribution is -2.26. The number of primary amides is 1. The van der Waals surface area contributed by atoms with Crippen LogP contribution in [-0.4, -0.2) is 12.5 Å². The van der Waals surface area contributed by atoms with Crippen LogP contribution in [0.3, 0.4) is 0 Å². The molecule has 3 N–H and O–H groups in total. The zero-order valence-corrected chi connectivity index (χ0v) is 8.88. The molecule has 1 amide bonds. The molecule has 1 rings (SSSR count). The number of hydrogen-bond acceptors (Lipinski definition) is 2. The number of amides is 1. The van der Waals surface area contributed by atoms with Crippen molar-refractivity contribution in [3.05, 3.63) is 29.6 Å². The molecule has 0 radical (unpaired) electrons. The van der Waals surface area contributed by atoms with Gasteiger partial charge in [0.2, 0.25) is 5.91 Å². The van der Waals surface area contributed by atoms with Gasteiger partial charge in [0.05, 0.1) is 5.92 Å². The predicted molar refractivity (Wildman–Crippen MR) is 58.0 cm³/mol. The first-order chi connectivity index (χ1) is 7.00. The maximum atomic E-state index is 12.8. The van der Waals surface area contributed by atoms with Crippen LogP contribution in [0.1, 0.15) is 12.5 Å². The Labute approximate surface area is 88.5 Å². The molecule has 1 atom stereocenters. The van der Waals surface area contributed by atoms with E-state index in [4.69, 9.17) is 5.73 Å². The zero-order chi connectivity index (χ0) is 11.4. The van der Waals surface area contributed by atoms with E-state index in [0.29, 0.717) is 6.54 Å². The second kappa shape index (κ2) is 4.77. The number of aryl methyl sites for hydroxylation is 1. The summed E-state index contributed by atoms with van der Waals surface area (Å²) in [6.07, 6.45) is 0. The van der Waals surface area contributed by atoms with Crippen LogP contribution in [0, 0.1) is 18.7 Å². The predicted octanol–water partition coefficient (Wildman–Crippen LogP) is 1.67. The normalized spacial score (nSPS) is 12.2. The Balaban J connectivity index is 2.62. The Hall–Kier alpha value is -1.58. The van der Waals surface area contributed by atoms with Crippen LogP contribution in [0.15, 0.2) is 18.2 Å². The number of nitrogens with two attached hydrogens (primary N) is 1. The SMILES string of the molecule is Cc1cc(F)ccc1NCC(C)C(N)=O. The molecule has 1 unspecified atom stereocenters. The van der Waals surface area contributed by atoms with Gasteiger partial charge in [-0.15, -0.1) is 0 Å². The van der Waals surface area contributed by atoms with E-state index in [0.717, 1.165) is 11.3 Å². The number of hydrogen-bond donors (Lipinski definition) is 2. The third kappa shape index (κ3) is 3.23. The molecular formula is C11H15FN2O. The van der Waals surface area contributed by atoms with Crippen LogP contribution < -0.4 is 11.1 Å². The number of carbonyl (C=O) groups is 1. The molecule has 0 aliphatic heterocycles. The molecule has 0 saturated heterocycles. The molecule has 15 heavy (non-hydrogen) atoms. The van der Waals surface area contributed by atoms with Crippen molar-refractivity contribution in [3.8, 4) is 0 Å². The quantitative estimate of drug-likeness (QED) is 0.794. The molecule has 0 aromatic heterocycles. The molecule has 0 spiro atoms. The molecule has 3 nitrogen and oxygen atoms in total. The third-order valence-corrected chi connectivity index (χ3v) is 2.27. The minimum Gasteiger partial charge on any atom is -0.384 e. The summed E-state index contributed by atoms with van der Waals surface area (Å²) in [5, 5.41) is 3.05. The molecule has 82 valence electrons. The van der Waals surface area contributed by atoms with Crippen molar-refractivity contribution in [1.82, 2.24) is 0 Å². The molecule has 0 heterocycles. The van der Waals surface area contributed by atoms with Crippen molar-refractivity contribution in [3.63, 3.8) is 0 Å². The van der Waals surface area contributed by atoms with Gasteiger partial charge in [-0.3, -0.25) is 4.79 Å². The number of halogens is 1. The fourth-order valence-corrected chi connectivity index (χ4v) is 1.19. The smallest absolute Gasteiger partial charge is 0.222 e. The first kappa shape index (κ1) is 11.5. The highest BCUT2D eigenvalue weighted by Gasteiger charge is 2.08. The molecular weight excluding hydrogens is 195 g/mol. The Morgan fingerprint density at radius 2 is 2.27 bits per heavy atom. The van der Waals surface area contributed by atoms with Gasteiger partial charge in [0.1, 0.15) is 5.82 Å². The first-order valence-corrected chi connectivity index (χ1v) is 4.80. The van der Waals surface area contributed by atoms with Gasteiger partial charge >= 0.3 is 0 Å². The van der Waals surface area contributed by atoms with Crippen LogP contribution in [0.4, 0.5) is 10.1 Å². The van der Waals surface area contributed by atoms with Gasteiger partial charge in [0, 0.05) is 12.2 Å². The Morgan fingerprint density at radius 1 is 1.60 bits per heavy atom. The van der Waals surface area contributed by atoms with E-state index >= 15 is 0 Å². The topological polar surface area (TPSA) is 55.1 Å². The highest BCUT2D eigenvalue weighted by Crippen LogP contribution is 2.15. The van der Waals surface area contributed by atoms with E-state index in [-0.39, 0.29) is 17.6 Å². The van der Waals surface area contributed by atoms with Crippen molar-refractivity contribution in [2.45, 2.75) is 13.8 Å². The van der Waals surface area contributed by atoms with Crippen molar-refractivity contribution >= 4 is 11.6 Å². The average molecular weight is 210 g/mol. The first-order valence-electron chi connectivity index (χ1n) is 4.80. The molecule has 4 heteroatoms. The van der Waals surface area contributed by atoms with Crippen molar-refractivity contribution < 1.29 is 9.18 Å². The van der Waals surface area contributed by atoms with E-state index in [2.05, 4.69) is 5.32 Å². The average Bonchev–Trinajstić information content (AvgIpc) is 2.15. The molecule has 1 aromatic carbocycles. The number of rotatable bonds is 4. The van der Waals surface area contributed by atoms with Gasteiger partial charge in [-0.2, -0.15) is 0 Å². The summed E-state index contributed by atoms with van der Waals surface area (Å²) in [6, 6.07) is 4.47. The fraction of sp³-hybridized carbons (Fsp3) is 0.364. The molecule has 0 bridgehead atoms. The Bertz CT molecular complexity index is 366. The lowest BCUT2D eigenvalue weighted by atomic mass is 10.1. The zero-order valence-electron chi connectivity index (χ0n) is 8.88. The second-order valence-corrected chi connectivity index (χ2v) is 3.64. The summed E-state index contributed by atoms with van der Waals surface area (Å²) in [5.74, 6) is -0.849. The molecule has 0 fully saturated rings. The monoisotopic (exact) mass is 210 g/mol. The van der Waals surface area contributed by atoms with Gasteiger partial charge in [0.25, 0.3) is 0 Å². The number of anilines is 1. The lowest BCUT2D eigenvalue weighted by molar-refractivity contribution is -0.120. The number of benzene rings is 1. The van der Waals surface area contributed by atoms with E-state index in [1.807, 2.05) is 0 Å². The van der Waals surface area contributed by atoms with Crippen LogP contribution >= 0.6 is 0 Å². The van der Waals surface area contributed by atoms with E-state index in [1.54, 1.807) is 19.9 Å². The highest BCUT2D eigenvalue weighted by molar-refractivity contribution is 5.76. The van der Waals surface area contributed by atoms with Crippen molar-refractivity contribution in [2.75, 3.05) is 11.9 Å². The van der Waals surface area contributed by atoms with Crippen molar-refractivity contribution in [2.24, 2.45) is 11.7 Å². The molecule has 0 saturated carbocycles. The molecule has 1 aromatic rings. The standard InChI is InChI=1S/C11H15FN2O/c1-7-5-9(12)3-4-10(7)14-6-8(2)11(13)15/h3-5,8,14H,6H2,1-2H3,(H2,13,15). The summed E-state index contributed by atoms with van der Waals surface area (Å²) < 4.78 is 12.8. The summed E-state index contributed by atoms with van der Waals surface area (Å²) >= 11 is 0. The highest BCUT2D eigenvalue weighted by atomic mass is 19.1. The molecule has 0 aliphatic rings. The van der Waals surface area contributed by atoms with E-state index in [1.165, 1.54) is 12.1 Å². The summed E-state index contributed by atoms with van der Waals surface area (Å²) in [5.41, 5.74) is 6.76. The Morgan fingerprint density at radius 3 is 2.80 bits per heavy atom. The third-order valence-electron chi connectivity index (χ3n) is 2.27. The van der Waals surface area contributed by atoms with Gasteiger partial charge < -0.3 is 11.1 Å². The lowest BCUT2D eigenvalue weighted by Gasteiger charge is -2.12. The summed E-state index contributed by atoms with van der Waals surface area (Å²) in [7, 11) is 0. The number of nitrogens with one attached hydrogen (secondary N) is 1. The Kier molecular flexibility index (Phi) is 3.66. The van der Waals surface area contributed by atoms with Crippen LogP contribution in [0.25, 0.3) is 0 Å². The minimum absolute atomic E-state index is 0.241. The van der Waals surface area contributed by atoms with Crippen LogP contribution in [0.5, 0.6) is 0 Å². The maximum Gasteiger partial charge on any atom is 0.222 e. The largest absolute Gasteiger partial charge is 0.384 e. The summed E-state index contributed by atoms with van der Waals surface area (Å²) in [4.78, 5) is 10.8. The van der Waals surface area contributed by atoms with E-state index in [9.17, 15) is 9.18 Å². The van der Waals surface area contributed by atoms with Crippen molar-refractivity contribution in [1.29, 1.82) is 0 Å². The van der Waals surface area contributed by atoms with Gasteiger partial charge in [0.15, 0.2) is 0 Å². The maximum absolute atomic E-state index is 12.8. The summed E-state index contributed by atoms with van der Waals surface area (Å²) in [6.45, 7) is 4.01. The van der Waals surface area contributed by atoms with Gasteiger partial charge in [-0.1, -0.05) is 6.92 Å². The van der Waals surface area contributed by atoms with Crippen LogP contribution in [0.2, 0.25) is 0 Å². The van der Waals surface area contributed by atoms with Gasteiger partial charge in [-0.25, -0.2) is 4.39 Å².